The average molecular weight is 300 g/mol. The van der Waals surface area contributed by atoms with Crippen molar-refractivity contribution in [3.05, 3.63) is 17.6 Å². The predicted molar refractivity (Wildman–Crippen MR) is 78.0 cm³/mol. The monoisotopic (exact) mass is 300 g/mol. The lowest BCUT2D eigenvalue weighted by atomic mass is 9.96. The van der Waals surface area contributed by atoms with Gasteiger partial charge >= 0.3 is 0 Å². The topological polar surface area (TPSA) is 62.6 Å². The Morgan fingerprint density at radius 1 is 1.40 bits per heavy atom. The van der Waals surface area contributed by atoms with Gasteiger partial charge in [0, 0.05) is 19.2 Å². The van der Waals surface area contributed by atoms with Crippen molar-refractivity contribution in [3.63, 3.8) is 0 Å². The van der Waals surface area contributed by atoms with Crippen LogP contribution in [0.25, 0.3) is 0 Å². The molecule has 1 aliphatic heterocycles. The Morgan fingerprint density at radius 2 is 2.05 bits per heavy atom. The molecule has 2 heterocycles. The van der Waals surface area contributed by atoms with Crippen LogP contribution in [0.2, 0.25) is 0 Å². The number of piperidine rings is 1. The van der Waals surface area contributed by atoms with E-state index in [1.807, 2.05) is 7.05 Å². The first-order chi connectivity index (χ1) is 9.48. The van der Waals surface area contributed by atoms with Crippen molar-refractivity contribution in [3.8, 4) is 0 Å². The molecular weight excluding hydrogens is 276 g/mol. The molecule has 0 bridgehead atoms. The van der Waals surface area contributed by atoms with Gasteiger partial charge in [-0.2, -0.15) is 4.31 Å². The molecule has 0 aliphatic carbocycles. The van der Waals surface area contributed by atoms with Crippen molar-refractivity contribution < 1.29 is 12.8 Å². The molecule has 0 aromatic carbocycles. The van der Waals surface area contributed by atoms with Crippen molar-refractivity contribution in [1.82, 2.24) is 9.62 Å². The minimum absolute atomic E-state index is 0.317. The summed E-state index contributed by atoms with van der Waals surface area (Å²) in [6.45, 7) is 5.65. The normalized spacial score (nSPS) is 18.6. The zero-order valence-corrected chi connectivity index (χ0v) is 13.3. The van der Waals surface area contributed by atoms with E-state index in [-0.39, 0.29) is 0 Å². The fourth-order valence-corrected chi connectivity index (χ4v) is 4.39. The van der Waals surface area contributed by atoms with Gasteiger partial charge in [-0.3, -0.25) is 0 Å². The number of nitrogens with one attached hydrogen (secondary N) is 1. The zero-order chi connectivity index (χ0) is 14.8. The summed E-state index contributed by atoms with van der Waals surface area (Å²) < 4.78 is 32.4. The molecule has 1 saturated heterocycles. The molecule has 0 saturated carbocycles. The quantitative estimate of drug-likeness (QED) is 0.905. The second-order valence-electron chi connectivity index (χ2n) is 5.42. The lowest BCUT2D eigenvalue weighted by Crippen LogP contribution is -2.38. The van der Waals surface area contributed by atoms with Gasteiger partial charge in [0.1, 0.15) is 16.4 Å². The van der Waals surface area contributed by atoms with Crippen molar-refractivity contribution in [2.24, 2.45) is 5.92 Å². The number of hydrogen-bond donors (Lipinski definition) is 1. The van der Waals surface area contributed by atoms with Crippen molar-refractivity contribution in [2.45, 2.75) is 44.6 Å². The van der Waals surface area contributed by atoms with Crippen LogP contribution in [-0.4, -0.2) is 32.9 Å². The van der Waals surface area contributed by atoms with Crippen LogP contribution in [0.3, 0.4) is 0 Å². The van der Waals surface area contributed by atoms with Crippen LogP contribution in [0.15, 0.2) is 15.4 Å². The maximum absolute atomic E-state index is 12.7. The maximum Gasteiger partial charge on any atom is 0.246 e. The Bertz CT molecular complexity index is 543. The summed E-state index contributed by atoms with van der Waals surface area (Å²) >= 11 is 0. The van der Waals surface area contributed by atoms with E-state index in [4.69, 9.17) is 4.42 Å². The van der Waals surface area contributed by atoms with Gasteiger partial charge in [0.05, 0.1) is 6.54 Å². The predicted octanol–water partition coefficient (Wildman–Crippen LogP) is 2.12. The van der Waals surface area contributed by atoms with Gasteiger partial charge in [0.25, 0.3) is 0 Å². The molecule has 0 radical (unpaired) electrons. The molecule has 20 heavy (non-hydrogen) atoms. The van der Waals surface area contributed by atoms with E-state index in [1.54, 1.807) is 17.3 Å². The van der Waals surface area contributed by atoms with Gasteiger partial charge in [-0.05, 0) is 32.7 Å². The van der Waals surface area contributed by atoms with Crippen molar-refractivity contribution in [2.75, 3.05) is 20.1 Å². The summed E-state index contributed by atoms with van der Waals surface area (Å²) in [5.41, 5.74) is 0. The van der Waals surface area contributed by atoms with Gasteiger partial charge in [0.15, 0.2) is 0 Å². The van der Waals surface area contributed by atoms with E-state index in [0.29, 0.717) is 42.0 Å². The Kier molecular flexibility index (Phi) is 4.88. The van der Waals surface area contributed by atoms with Gasteiger partial charge in [0.2, 0.25) is 10.0 Å². The molecule has 114 valence electrons. The van der Waals surface area contributed by atoms with Crippen LogP contribution in [0.1, 0.15) is 37.7 Å². The second kappa shape index (κ2) is 6.28. The van der Waals surface area contributed by atoms with Gasteiger partial charge in [-0.1, -0.05) is 13.3 Å². The first-order valence-corrected chi connectivity index (χ1v) is 8.67. The molecule has 5 nitrogen and oxygen atoms in total. The van der Waals surface area contributed by atoms with E-state index in [2.05, 4.69) is 12.2 Å². The molecule has 2 rings (SSSR count). The molecule has 1 aromatic heterocycles. The van der Waals surface area contributed by atoms with E-state index in [9.17, 15) is 8.42 Å². The minimum atomic E-state index is -3.41. The third-order valence-electron chi connectivity index (χ3n) is 4.04. The van der Waals surface area contributed by atoms with E-state index in [0.717, 1.165) is 19.3 Å². The van der Waals surface area contributed by atoms with Crippen LogP contribution < -0.4 is 5.32 Å². The van der Waals surface area contributed by atoms with Crippen LogP contribution in [-0.2, 0) is 16.6 Å². The molecule has 1 N–H and O–H groups in total. The number of furan rings is 1. The molecule has 6 heteroatoms. The molecule has 1 aromatic rings. The van der Waals surface area contributed by atoms with Gasteiger partial charge < -0.3 is 9.73 Å². The fraction of sp³-hybridized carbons (Fsp3) is 0.714. The Hall–Kier alpha value is -0.850. The van der Waals surface area contributed by atoms with Crippen LogP contribution >= 0.6 is 0 Å². The highest BCUT2D eigenvalue weighted by Crippen LogP contribution is 2.28. The lowest BCUT2D eigenvalue weighted by molar-refractivity contribution is 0.268. The summed E-state index contributed by atoms with van der Waals surface area (Å²) in [7, 11) is -1.60. The van der Waals surface area contributed by atoms with Crippen molar-refractivity contribution in [1.29, 1.82) is 0 Å². The number of aryl methyl sites for hydroxylation is 1. The summed E-state index contributed by atoms with van der Waals surface area (Å²) in [4.78, 5) is 0.317. The molecule has 1 aliphatic rings. The van der Waals surface area contributed by atoms with Crippen LogP contribution in [0, 0.1) is 12.8 Å². The lowest BCUT2D eigenvalue weighted by Gasteiger charge is -2.30. The number of nitrogens with zero attached hydrogens (tertiary/aromatic N) is 1. The van der Waals surface area contributed by atoms with Gasteiger partial charge in [-0.15, -0.1) is 0 Å². The fourth-order valence-electron chi connectivity index (χ4n) is 2.74. The molecule has 0 atom stereocenters. The Balaban J connectivity index is 2.18. The molecular formula is C14H24N2O3S. The van der Waals surface area contributed by atoms with Crippen LogP contribution in [0.4, 0.5) is 0 Å². The molecule has 0 spiro atoms. The maximum atomic E-state index is 12.7. The second-order valence-corrected chi connectivity index (χ2v) is 7.33. The average Bonchev–Trinajstić information content (AvgIpc) is 2.81. The minimum Gasteiger partial charge on any atom is -0.464 e. The van der Waals surface area contributed by atoms with Crippen molar-refractivity contribution >= 4 is 10.0 Å². The molecule has 0 unspecified atom stereocenters. The first-order valence-electron chi connectivity index (χ1n) is 7.23. The summed E-state index contributed by atoms with van der Waals surface area (Å²) in [5.74, 6) is 1.80. The highest BCUT2D eigenvalue weighted by atomic mass is 32.2. The Labute approximate surface area is 121 Å². The highest BCUT2D eigenvalue weighted by Gasteiger charge is 2.31. The Morgan fingerprint density at radius 3 is 2.60 bits per heavy atom. The largest absolute Gasteiger partial charge is 0.464 e. The van der Waals surface area contributed by atoms with Gasteiger partial charge in [-0.25, -0.2) is 8.42 Å². The zero-order valence-electron chi connectivity index (χ0n) is 12.5. The molecule has 1 fully saturated rings. The van der Waals surface area contributed by atoms with E-state index in [1.165, 1.54) is 0 Å². The third-order valence-corrected chi connectivity index (χ3v) is 6.05. The number of rotatable bonds is 5. The summed E-state index contributed by atoms with van der Waals surface area (Å²) in [5, 5.41) is 2.97. The third kappa shape index (κ3) is 3.07. The summed E-state index contributed by atoms with van der Waals surface area (Å²) in [6.07, 6.45) is 3.04. The number of hydrogen-bond acceptors (Lipinski definition) is 4. The summed E-state index contributed by atoms with van der Waals surface area (Å²) in [6, 6.07) is 1.65. The first kappa shape index (κ1) is 15.5. The van der Waals surface area contributed by atoms with Crippen LogP contribution in [0.5, 0.6) is 0 Å². The smallest absolute Gasteiger partial charge is 0.246 e. The van der Waals surface area contributed by atoms with E-state index >= 15 is 0 Å². The molecule has 0 amide bonds. The standard InChI is InChI=1S/C14H24N2O3S/c1-4-12-5-7-16(8-6-12)20(17,18)14-9-13(10-15-3)19-11(14)2/h9,12,15H,4-8,10H2,1-3H3. The van der Waals surface area contributed by atoms with E-state index < -0.39 is 10.0 Å². The number of sulfonamides is 1. The highest BCUT2D eigenvalue weighted by molar-refractivity contribution is 7.89. The SMILES string of the molecule is CCC1CCN(S(=O)(=O)c2cc(CNC)oc2C)CC1.